The van der Waals surface area contributed by atoms with Crippen LogP contribution in [0.15, 0.2) is 17.5 Å². The number of aromatic nitrogens is 1. The first-order valence-electron chi connectivity index (χ1n) is 5.37. The molecule has 0 radical (unpaired) electrons. The second-order valence-corrected chi connectivity index (χ2v) is 7.81. The predicted octanol–water partition coefficient (Wildman–Crippen LogP) is 1.55. The molecule has 0 fully saturated rings. The van der Waals surface area contributed by atoms with E-state index in [-0.39, 0.29) is 0 Å². The van der Waals surface area contributed by atoms with Crippen LogP contribution in [0.1, 0.15) is 4.88 Å². The van der Waals surface area contributed by atoms with Crippen LogP contribution in [0.25, 0.3) is 10.6 Å². The lowest BCUT2D eigenvalue weighted by atomic mass is 10.4. The third-order valence-electron chi connectivity index (χ3n) is 2.32. The van der Waals surface area contributed by atoms with Gasteiger partial charge in [0, 0.05) is 30.9 Å². The largest absolute Gasteiger partial charge is 0.326 e. The van der Waals surface area contributed by atoms with Gasteiger partial charge in [-0.2, -0.15) is 12.7 Å². The SMILES string of the molecule is CN(C)S(=O)(=O)Nc1nc(-c2ccc(CN)s2)cs1. The topological polar surface area (TPSA) is 88.3 Å². The number of anilines is 1. The van der Waals surface area contributed by atoms with E-state index in [0.29, 0.717) is 11.7 Å². The van der Waals surface area contributed by atoms with Gasteiger partial charge in [-0.25, -0.2) is 9.71 Å². The van der Waals surface area contributed by atoms with E-state index in [1.165, 1.54) is 25.4 Å². The molecular formula is C10H14N4O2S3. The number of thiazole rings is 1. The molecule has 0 saturated carbocycles. The third-order valence-corrected chi connectivity index (χ3v) is 5.75. The zero-order valence-corrected chi connectivity index (χ0v) is 12.9. The molecule has 0 bridgehead atoms. The van der Waals surface area contributed by atoms with Crippen LogP contribution in [0.4, 0.5) is 5.13 Å². The van der Waals surface area contributed by atoms with Crippen molar-refractivity contribution < 1.29 is 8.42 Å². The van der Waals surface area contributed by atoms with Gasteiger partial charge in [-0.15, -0.1) is 22.7 Å². The van der Waals surface area contributed by atoms with E-state index in [1.54, 1.807) is 11.3 Å². The van der Waals surface area contributed by atoms with Crippen LogP contribution in [-0.2, 0) is 16.8 Å². The number of nitrogens with zero attached hydrogens (tertiary/aromatic N) is 2. The lowest BCUT2D eigenvalue weighted by molar-refractivity contribution is 0.527. The maximum Gasteiger partial charge on any atom is 0.302 e. The molecule has 6 nitrogen and oxygen atoms in total. The van der Waals surface area contributed by atoms with Crippen molar-refractivity contribution in [2.24, 2.45) is 5.73 Å². The smallest absolute Gasteiger partial charge is 0.302 e. The standard InChI is InChI=1S/C10H14N4O2S3/c1-14(2)19(15,16)13-10-12-8(6-17-10)9-4-3-7(5-11)18-9/h3-4,6H,5,11H2,1-2H3,(H,12,13). The fourth-order valence-corrected chi connectivity index (χ4v) is 3.69. The maximum absolute atomic E-state index is 11.7. The Bertz CT molecular complexity index is 660. The highest BCUT2D eigenvalue weighted by Gasteiger charge is 2.16. The molecular weight excluding hydrogens is 304 g/mol. The molecule has 3 N–H and O–H groups in total. The van der Waals surface area contributed by atoms with Gasteiger partial charge in [0.05, 0.1) is 10.6 Å². The Labute approximate surface area is 120 Å². The minimum atomic E-state index is -3.50. The van der Waals surface area contributed by atoms with Crippen molar-refractivity contribution in [2.45, 2.75) is 6.54 Å². The fraction of sp³-hybridized carbons (Fsp3) is 0.300. The first-order chi connectivity index (χ1) is 8.92. The van der Waals surface area contributed by atoms with Crippen LogP contribution >= 0.6 is 22.7 Å². The monoisotopic (exact) mass is 318 g/mol. The van der Waals surface area contributed by atoms with Crippen LogP contribution in [0.2, 0.25) is 0 Å². The molecule has 0 atom stereocenters. The number of hydrogen-bond acceptors (Lipinski definition) is 6. The highest BCUT2D eigenvalue weighted by atomic mass is 32.2. The second-order valence-electron chi connectivity index (χ2n) is 3.90. The van der Waals surface area contributed by atoms with Gasteiger partial charge in [-0.3, -0.25) is 0 Å². The summed E-state index contributed by atoms with van der Waals surface area (Å²) in [5.74, 6) is 0. The Morgan fingerprint density at radius 2 is 2.16 bits per heavy atom. The van der Waals surface area contributed by atoms with Gasteiger partial charge in [-0.1, -0.05) is 0 Å². The Hall–Kier alpha value is -1.00. The van der Waals surface area contributed by atoms with E-state index in [4.69, 9.17) is 5.73 Å². The van der Waals surface area contributed by atoms with Gasteiger partial charge < -0.3 is 5.73 Å². The van der Waals surface area contributed by atoms with E-state index in [0.717, 1.165) is 19.8 Å². The van der Waals surface area contributed by atoms with E-state index in [1.807, 2.05) is 17.5 Å². The first-order valence-corrected chi connectivity index (χ1v) is 8.51. The number of rotatable bonds is 5. The van der Waals surface area contributed by atoms with Gasteiger partial charge in [0.25, 0.3) is 0 Å². The average Bonchev–Trinajstić information content (AvgIpc) is 2.96. The zero-order chi connectivity index (χ0) is 14.0. The summed E-state index contributed by atoms with van der Waals surface area (Å²) in [6.07, 6.45) is 0. The molecule has 2 aromatic heterocycles. The van der Waals surface area contributed by atoms with E-state index < -0.39 is 10.2 Å². The molecule has 0 spiro atoms. The molecule has 0 aromatic carbocycles. The van der Waals surface area contributed by atoms with Crippen molar-refractivity contribution in [1.29, 1.82) is 0 Å². The summed E-state index contributed by atoms with van der Waals surface area (Å²) < 4.78 is 26.8. The quantitative estimate of drug-likeness (QED) is 0.875. The lowest BCUT2D eigenvalue weighted by Gasteiger charge is -2.10. The summed E-state index contributed by atoms with van der Waals surface area (Å²) >= 11 is 2.81. The van der Waals surface area contributed by atoms with E-state index >= 15 is 0 Å². The molecule has 0 aliphatic rings. The van der Waals surface area contributed by atoms with Crippen LogP contribution in [0, 0.1) is 0 Å². The lowest BCUT2D eigenvalue weighted by Crippen LogP contribution is -2.28. The third kappa shape index (κ3) is 3.31. The van der Waals surface area contributed by atoms with Crippen molar-refractivity contribution in [3.8, 4) is 10.6 Å². The average molecular weight is 318 g/mol. The van der Waals surface area contributed by atoms with Crippen LogP contribution in [0.3, 0.4) is 0 Å². The van der Waals surface area contributed by atoms with Gasteiger partial charge in [-0.05, 0) is 12.1 Å². The summed E-state index contributed by atoms with van der Waals surface area (Å²) in [7, 11) is -0.581. The molecule has 0 aliphatic carbocycles. The Kier molecular flexibility index (Phi) is 4.21. The Balaban J connectivity index is 2.20. The minimum Gasteiger partial charge on any atom is -0.326 e. The molecule has 0 unspecified atom stereocenters. The van der Waals surface area contributed by atoms with Crippen molar-refractivity contribution >= 4 is 38.0 Å². The number of thiophene rings is 1. The number of nitrogens with two attached hydrogens (primary N) is 1. The van der Waals surface area contributed by atoms with Gasteiger partial charge >= 0.3 is 10.2 Å². The van der Waals surface area contributed by atoms with E-state index in [2.05, 4.69) is 9.71 Å². The van der Waals surface area contributed by atoms with Crippen molar-refractivity contribution in [3.63, 3.8) is 0 Å². The van der Waals surface area contributed by atoms with Crippen LogP contribution in [-0.4, -0.2) is 31.8 Å². The molecule has 2 heterocycles. The summed E-state index contributed by atoms with van der Waals surface area (Å²) in [5.41, 5.74) is 6.31. The first kappa shape index (κ1) is 14.4. The highest BCUT2D eigenvalue weighted by Crippen LogP contribution is 2.30. The maximum atomic E-state index is 11.7. The molecule has 104 valence electrons. The molecule has 0 amide bonds. The summed E-state index contributed by atoms with van der Waals surface area (Å²) in [6, 6.07) is 3.88. The Morgan fingerprint density at radius 3 is 2.74 bits per heavy atom. The fourth-order valence-electron chi connectivity index (χ4n) is 1.26. The molecule has 0 saturated heterocycles. The zero-order valence-electron chi connectivity index (χ0n) is 10.5. The summed E-state index contributed by atoms with van der Waals surface area (Å²) in [5, 5.41) is 2.17. The van der Waals surface area contributed by atoms with Crippen molar-refractivity contribution in [2.75, 3.05) is 18.8 Å². The molecule has 2 rings (SSSR count). The minimum absolute atomic E-state index is 0.353. The summed E-state index contributed by atoms with van der Waals surface area (Å²) in [4.78, 5) is 6.31. The second kappa shape index (κ2) is 5.55. The van der Waals surface area contributed by atoms with Crippen molar-refractivity contribution in [1.82, 2.24) is 9.29 Å². The van der Waals surface area contributed by atoms with Crippen molar-refractivity contribution in [3.05, 3.63) is 22.4 Å². The van der Waals surface area contributed by atoms with Crippen LogP contribution in [0.5, 0.6) is 0 Å². The number of hydrogen-bond donors (Lipinski definition) is 2. The highest BCUT2D eigenvalue weighted by molar-refractivity contribution is 7.90. The molecule has 0 aliphatic heterocycles. The predicted molar refractivity (Wildman–Crippen MR) is 79.5 cm³/mol. The van der Waals surface area contributed by atoms with Gasteiger partial charge in [0.1, 0.15) is 0 Å². The van der Waals surface area contributed by atoms with E-state index in [9.17, 15) is 8.42 Å². The summed E-state index contributed by atoms with van der Waals surface area (Å²) in [6.45, 7) is 0.495. The van der Waals surface area contributed by atoms with Gasteiger partial charge in [0.15, 0.2) is 5.13 Å². The van der Waals surface area contributed by atoms with Gasteiger partial charge in [0.2, 0.25) is 0 Å². The molecule has 9 heteroatoms. The number of nitrogens with one attached hydrogen (secondary N) is 1. The normalized spacial score (nSPS) is 12.0. The van der Waals surface area contributed by atoms with Crippen LogP contribution < -0.4 is 10.5 Å². The Morgan fingerprint density at radius 1 is 1.42 bits per heavy atom. The molecule has 19 heavy (non-hydrogen) atoms. The molecule has 2 aromatic rings.